The van der Waals surface area contributed by atoms with E-state index in [0.29, 0.717) is 17.3 Å². The van der Waals surface area contributed by atoms with Crippen molar-refractivity contribution in [2.45, 2.75) is 30.7 Å². The number of nitrogens with zero attached hydrogens (tertiary/aromatic N) is 1. The lowest BCUT2D eigenvalue weighted by atomic mass is 10.3. The van der Waals surface area contributed by atoms with Crippen LogP contribution in [0.2, 0.25) is 0 Å². The van der Waals surface area contributed by atoms with E-state index in [-0.39, 0.29) is 5.56 Å². The van der Waals surface area contributed by atoms with E-state index in [0.717, 1.165) is 11.8 Å². The fraction of sp³-hybridized carbons (Fsp3) is 0.444. The standard InChI is InChI=1S/C9H12N2O3S/c1-3-6(8(13)14)15-9-10-5(2)4-7(12)11-9/h4,6H,3H2,1-2H3,(H,13,14)(H,10,11,12)/p-1/t6-/m0/s1. The Balaban J connectivity index is 2.88. The van der Waals surface area contributed by atoms with Crippen molar-refractivity contribution in [3.05, 3.63) is 22.1 Å². The second-order valence-electron chi connectivity index (χ2n) is 3.03. The van der Waals surface area contributed by atoms with Gasteiger partial charge in [-0.2, -0.15) is 0 Å². The molecule has 1 aromatic heterocycles. The minimum atomic E-state index is -1.15. The van der Waals surface area contributed by atoms with E-state index in [2.05, 4.69) is 9.97 Å². The Morgan fingerprint density at radius 2 is 2.40 bits per heavy atom. The fourth-order valence-electron chi connectivity index (χ4n) is 1.04. The molecule has 6 heteroatoms. The average molecular weight is 227 g/mol. The van der Waals surface area contributed by atoms with Crippen LogP contribution >= 0.6 is 11.8 Å². The Hall–Kier alpha value is -1.30. The van der Waals surface area contributed by atoms with Crippen molar-refractivity contribution in [3.8, 4) is 0 Å². The molecule has 0 bridgehead atoms. The third kappa shape index (κ3) is 3.39. The van der Waals surface area contributed by atoms with Crippen LogP contribution in [0.25, 0.3) is 0 Å². The molecule has 1 N–H and O–H groups in total. The van der Waals surface area contributed by atoms with Crippen molar-refractivity contribution in [2.24, 2.45) is 0 Å². The van der Waals surface area contributed by atoms with Crippen LogP contribution in [0.1, 0.15) is 19.0 Å². The summed E-state index contributed by atoms with van der Waals surface area (Å²) in [6, 6.07) is 1.35. The number of rotatable bonds is 4. The highest BCUT2D eigenvalue weighted by molar-refractivity contribution is 8.00. The first kappa shape index (κ1) is 11.8. The van der Waals surface area contributed by atoms with Crippen molar-refractivity contribution in [2.75, 3.05) is 0 Å². The number of nitrogens with one attached hydrogen (secondary N) is 1. The lowest BCUT2D eigenvalue weighted by Gasteiger charge is -2.14. The maximum absolute atomic E-state index is 11.1. The number of carbonyl (C=O) groups is 1. The van der Waals surface area contributed by atoms with Gasteiger partial charge in [0.25, 0.3) is 5.56 Å². The summed E-state index contributed by atoms with van der Waals surface area (Å²) in [7, 11) is 0. The number of hydrogen-bond acceptors (Lipinski definition) is 5. The largest absolute Gasteiger partial charge is 0.549 e. The molecule has 15 heavy (non-hydrogen) atoms. The first-order valence-corrected chi connectivity index (χ1v) is 5.36. The van der Waals surface area contributed by atoms with E-state index >= 15 is 0 Å². The highest BCUT2D eigenvalue weighted by atomic mass is 32.2. The number of thioether (sulfide) groups is 1. The first-order chi connectivity index (χ1) is 7.02. The van der Waals surface area contributed by atoms with Crippen LogP contribution < -0.4 is 10.7 Å². The van der Waals surface area contributed by atoms with E-state index in [9.17, 15) is 14.7 Å². The lowest BCUT2D eigenvalue weighted by molar-refractivity contribution is -0.304. The topological polar surface area (TPSA) is 85.9 Å². The van der Waals surface area contributed by atoms with Gasteiger partial charge in [-0.25, -0.2) is 4.98 Å². The molecule has 0 aliphatic rings. The molecule has 0 aliphatic heterocycles. The van der Waals surface area contributed by atoms with Crippen LogP contribution in [-0.4, -0.2) is 21.2 Å². The molecule has 0 aliphatic carbocycles. The van der Waals surface area contributed by atoms with Gasteiger partial charge >= 0.3 is 0 Å². The summed E-state index contributed by atoms with van der Waals surface area (Å²) in [6.45, 7) is 3.42. The van der Waals surface area contributed by atoms with Crippen LogP contribution in [-0.2, 0) is 4.79 Å². The third-order valence-electron chi connectivity index (χ3n) is 1.74. The monoisotopic (exact) mass is 227 g/mol. The van der Waals surface area contributed by atoms with Gasteiger partial charge in [0.05, 0.1) is 11.2 Å². The average Bonchev–Trinajstić information content (AvgIpc) is 2.12. The second-order valence-corrected chi connectivity index (χ2v) is 4.22. The zero-order valence-corrected chi connectivity index (χ0v) is 9.26. The number of H-pyrrole nitrogens is 1. The molecule has 1 heterocycles. The Bertz CT molecular complexity index is 416. The summed E-state index contributed by atoms with van der Waals surface area (Å²) in [6.07, 6.45) is 0.421. The minimum absolute atomic E-state index is 0.279. The molecule has 5 nitrogen and oxygen atoms in total. The molecule has 0 saturated carbocycles. The second kappa shape index (κ2) is 4.97. The minimum Gasteiger partial charge on any atom is -0.549 e. The molecule has 0 saturated heterocycles. The number of carboxylic acid groups (broad SMARTS) is 1. The van der Waals surface area contributed by atoms with E-state index in [1.54, 1.807) is 13.8 Å². The molecule has 0 aromatic carbocycles. The summed E-state index contributed by atoms with van der Waals surface area (Å²) in [4.78, 5) is 28.2. The SMILES string of the molecule is CC[C@H](Sc1nc(C)cc(=O)[nH]1)C(=O)[O-]. The molecule has 1 atom stereocenters. The molecular formula is C9H11N2O3S-. The summed E-state index contributed by atoms with van der Waals surface area (Å²) in [5, 5.41) is 10.3. The molecule has 1 aromatic rings. The highest BCUT2D eigenvalue weighted by Gasteiger charge is 2.11. The summed E-state index contributed by atoms with van der Waals surface area (Å²) in [5.74, 6) is -1.15. The normalized spacial score (nSPS) is 12.4. The number of carbonyl (C=O) groups excluding carboxylic acids is 1. The van der Waals surface area contributed by atoms with Gasteiger partial charge in [0, 0.05) is 11.8 Å². The predicted molar refractivity (Wildman–Crippen MR) is 54.5 cm³/mol. The number of aliphatic carboxylic acids is 1. The predicted octanol–water partition coefficient (Wildman–Crippen LogP) is -0.301. The van der Waals surface area contributed by atoms with Gasteiger partial charge < -0.3 is 14.9 Å². The van der Waals surface area contributed by atoms with Crippen molar-refractivity contribution in [1.29, 1.82) is 0 Å². The molecule has 1 rings (SSSR count). The molecule has 0 radical (unpaired) electrons. The fourth-order valence-corrected chi connectivity index (χ4v) is 1.93. The maximum atomic E-state index is 11.1. The quantitative estimate of drug-likeness (QED) is 0.563. The zero-order valence-electron chi connectivity index (χ0n) is 8.44. The van der Waals surface area contributed by atoms with Crippen molar-refractivity contribution in [1.82, 2.24) is 9.97 Å². The summed E-state index contributed by atoms with van der Waals surface area (Å²) in [5.41, 5.74) is 0.285. The summed E-state index contributed by atoms with van der Waals surface area (Å²) >= 11 is 0.996. The number of carboxylic acids is 1. The molecule has 0 spiro atoms. The molecular weight excluding hydrogens is 216 g/mol. The summed E-state index contributed by atoms with van der Waals surface area (Å²) < 4.78 is 0. The van der Waals surface area contributed by atoms with Crippen molar-refractivity contribution < 1.29 is 9.90 Å². The first-order valence-electron chi connectivity index (χ1n) is 4.48. The van der Waals surface area contributed by atoms with E-state index in [1.807, 2.05) is 0 Å². The third-order valence-corrected chi connectivity index (χ3v) is 2.96. The number of hydrogen-bond donors (Lipinski definition) is 1. The number of aromatic nitrogens is 2. The van der Waals surface area contributed by atoms with E-state index in [4.69, 9.17) is 0 Å². The Morgan fingerprint density at radius 3 is 2.87 bits per heavy atom. The molecule has 0 unspecified atom stereocenters. The van der Waals surface area contributed by atoms with Gasteiger partial charge in [-0.05, 0) is 13.3 Å². The van der Waals surface area contributed by atoms with E-state index < -0.39 is 11.2 Å². The lowest BCUT2D eigenvalue weighted by Crippen LogP contribution is -2.33. The molecule has 0 amide bonds. The Labute approximate surface area is 90.9 Å². The van der Waals surface area contributed by atoms with Crippen LogP contribution in [0.4, 0.5) is 0 Å². The van der Waals surface area contributed by atoms with Crippen LogP contribution in [0.3, 0.4) is 0 Å². The Morgan fingerprint density at radius 1 is 1.73 bits per heavy atom. The van der Waals surface area contributed by atoms with Gasteiger partial charge in [-0.3, -0.25) is 4.79 Å². The highest BCUT2D eigenvalue weighted by Crippen LogP contribution is 2.20. The van der Waals surface area contributed by atoms with Gasteiger partial charge in [0.1, 0.15) is 0 Å². The molecule has 82 valence electrons. The van der Waals surface area contributed by atoms with Crippen LogP contribution in [0.5, 0.6) is 0 Å². The van der Waals surface area contributed by atoms with Gasteiger partial charge in [-0.15, -0.1) is 0 Å². The number of aryl methyl sites for hydroxylation is 1. The van der Waals surface area contributed by atoms with Gasteiger partial charge in [0.15, 0.2) is 5.16 Å². The maximum Gasteiger partial charge on any atom is 0.251 e. The van der Waals surface area contributed by atoms with Crippen LogP contribution in [0, 0.1) is 6.92 Å². The van der Waals surface area contributed by atoms with Crippen molar-refractivity contribution >= 4 is 17.7 Å². The zero-order chi connectivity index (χ0) is 11.4. The molecule has 0 fully saturated rings. The number of aromatic amines is 1. The van der Waals surface area contributed by atoms with Crippen LogP contribution in [0.15, 0.2) is 16.0 Å². The smallest absolute Gasteiger partial charge is 0.251 e. The van der Waals surface area contributed by atoms with E-state index in [1.165, 1.54) is 6.07 Å². The van der Waals surface area contributed by atoms with Gasteiger partial charge in [0.2, 0.25) is 0 Å². The Kier molecular flexibility index (Phi) is 3.90. The van der Waals surface area contributed by atoms with Crippen molar-refractivity contribution in [3.63, 3.8) is 0 Å². The van der Waals surface area contributed by atoms with Gasteiger partial charge in [-0.1, -0.05) is 18.7 Å².